The third-order valence-corrected chi connectivity index (χ3v) is 2.92. The molecular formula is C13H18ClNO4. The van der Waals surface area contributed by atoms with E-state index in [1.165, 1.54) is 7.11 Å². The van der Waals surface area contributed by atoms with E-state index in [0.29, 0.717) is 17.2 Å². The molecule has 1 amide bonds. The molecule has 1 aromatic rings. The SMILES string of the molecule is COc1ccc(NC(=O)C(C)CCl)cc1OCCO. The molecule has 0 aromatic heterocycles. The number of halogens is 1. The van der Waals surface area contributed by atoms with Crippen molar-refractivity contribution in [1.29, 1.82) is 0 Å². The van der Waals surface area contributed by atoms with Crippen LogP contribution in [0.3, 0.4) is 0 Å². The quantitative estimate of drug-likeness (QED) is 0.752. The van der Waals surface area contributed by atoms with Gasteiger partial charge in [-0.15, -0.1) is 11.6 Å². The zero-order valence-corrected chi connectivity index (χ0v) is 11.7. The minimum absolute atomic E-state index is 0.0942. The van der Waals surface area contributed by atoms with E-state index in [0.717, 1.165) is 0 Å². The van der Waals surface area contributed by atoms with Crippen molar-refractivity contribution in [3.8, 4) is 11.5 Å². The third-order valence-electron chi connectivity index (χ3n) is 2.46. The maximum atomic E-state index is 11.7. The first kappa shape index (κ1) is 15.6. The van der Waals surface area contributed by atoms with Crippen molar-refractivity contribution in [2.75, 3.05) is 31.5 Å². The number of carbonyl (C=O) groups is 1. The van der Waals surface area contributed by atoms with Crippen molar-refractivity contribution in [3.05, 3.63) is 18.2 Å². The van der Waals surface area contributed by atoms with Gasteiger partial charge in [-0.25, -0.2) is 0 Å². The Morgan fingerprint density at radius 2 is 2.21 bits per heavy atom. The van der Waals surface area contributed by atoms with Crippen LogP contribution in [-0.2, 0) is 4.79 Å². The highest BCUT2D eigenvalue weighted by molar-refractivity contribution is 6.19. The number of hydrogen-bond acceptors (Lipinski definition) is 4. The minimum atomic E-state index is -0.273. The number of amides is 1. The number of hydrogen-bond donors (Lipinski definition) is 2. The van der Waals surface area contributed by atoms with Gasteiger partial charge in [-0.05, 0) is 12.1 Å². The van der Waals surface area contributed by atoms with Crippen LogP contribution >= 0.6 is 11.6 Å². The first-order valence-electron chi connectivity index (χ1n) is 5.91. The number of ether oxygens (including phenoxy) is 2. The molecule has 1 aromatic carbocycles. The third kappa shape index (κ3) is 4.61. The second-order valence-corrected chi connectivity index (χ2v) is 4.29. The van der Waals surface area contributed by atoms with Crippen LogP contribution in [0.1, 0.15) is 6.92 Å². The molecule has 0 saturated heterocycles. The molecule has 0 fully saturated rings. The zero-order chi connectivity index (χ0) is 14.3. The average molecular weight is 288 g/mol. The first-order valence-corrected chi connectivity index (χ1v) is 6.44. The lowest BCUT2D eigenvalue weighted by Crippen LogP contribution is -2.21. The second kappa shape index (κ2) is 7.86. The number of aliphatic hydroxyl groups excluding tert-OH is 1. The number of nitrogens with one attached hydrogen (secondary N) is 1. The van der Waals surface area contributed by atoms with Crippen LogP contribution in [0, 0.1) is 5.92 Å². The van der Waals surface area contributed by atoms with E-state index in [1.807, 2.05) is 0 Å². The maximum absolute atomic E-state index is 11.7. The van der Waals surface area contributed by atoms with Crippen LogP contribution < -0.4 is 14.8 Å². The lowest BCUT2D eigenvalue weighted by Gasteiger charge is -2.13. The summed E-state index contributed by atoms with van der Waals surface area (Å²) in [7, 11) is 1.52. The van der Waals surface area contributed by atoms with E-state index in [2.05, 4.69) is 5.32 Å². The van der Waals surface area contributed by atoms with E-state index in [4.69, 9.17) is 26.2 Å². The molecular weight excluding hydrogens is 270 g/mol. The van der Waals surface area contributed by atoms with Gasteiger partial charge in [0.2, 0.25) is 5.91 Å². The molecule has 0 spiro atoms. The van der Waals surface area contributed by atoms with Gasteiger partial charge >= 0.3 is 0 Å². The van der Waals surface area contributed by atoms with Gasteiger partial charge in [0, 0.05) is 23.6 Å². The van der Waals surface area contributed by atoms with Crippen LogP contribution in [0.5, 0.6) is 11.5 Å². The number of rotatable bonds is 7. The van der Waals surface area contributed by atoms with Gasteiger partial charge in [-0.3, -0.25) is 4.79 Å². The van der Waals surface area contributed by atoms with Gasteiger partial charge in [0.1, 0.15) is 6.61 Å². The van der Waals surface area contributed by atoms with Crippen molar-refractivity contribution >= 4 is 23.2 Å². The van der Waals surface area contributed by atoms with Gasteiger partial charge in [-0.2, -0.15) is 0 Å². The van der Waals surface area contributed by atoms with Crippen LogP contribution in [0.2, 0.25) is 0 Å². The molecule has 1 unspecified atom stereocenters. The molecule has 5 nitrogen and oxygen atoms in total. The van der Waals surface area contributed by atoms with Gasteiger partial charge in [0.05, 0.1) is 13.7 Å². The molecule has 0 aliphatic heterocycles. The second-order valence-electron chi connectivity index (χ2n) is 3.98. The van der Waals surface area contributed by atoms with Crippen molar-refractivity contribution in [2.45, 2.75) is 6.92 Å². The largest absolute Gasteiger partial charge is 0.493 e. The highest BCUT2D eigenvalue weighted by Gasteiger charge is 2.13. The van der Waals surface area contributed by atoms with Gasteiger partial charge in [0.25, 0.3) is 0 Å². The highest BCUT2D eigenvalue weighted by atomic mass is 35.5. The molecule has 0 aliphatic rings. The fourth-order valence-electron chi connectivity index (χ4n) is 1.36. The smallest absolute Gasteiger partial charge is 0.228 e. The predicted octanol–water partition coefficient (Wildman–Crippen LogP) is 1.88. The molecule has 106 valence electrons. The number of anilines is 1. The van der Waals surface area contributed by atoms with Crippen LogP contribution in [-0.4, -0.2) is 37.2 Å². The van der Waals surface area contributed by atoms with E-state index in [9.17, 15) is 4.79 Å². The molecule has 0 aliphatic carbocycles. The summed E-state index contributed by atoms with van der Waals surface area (Å²) in [5, 5.41) is 11.5. The fourth-order valence-corrected chi connectivity index (χ4v) is 1.50. The lowest BCUT2D eigenvalue weighted by atomic mass is 10.2. The monoisotopic (exact) mass is 287 g/mol. The minimum Gasteiger partial charge on any atom is -0.493 e. The van der Waals surface area contributed by atoms with Crippen molar-refractivity contribution < 1.29 is 19.4 Å². The normalized spacial score (nSPS) is 11.8. The van der Waals surface area contributed by atoms with E-state index in [-0.39, 0.29) is 30.9 Å². The highest BCUT2D eigenvalue weighted by Crippen LogP contribution is 2.30. The Bertz CT molecular complexity index is 425. The predicted molar refractivity (Wildman–Crippen MR) is 74.1 cm³/mol. The molecule has 0 saturated carbocycles. The molecule has 1 rings (SSSR count). The Kier molecular flexibility index (Phi) is 6.45. The Morgan fingerprint density at radius 3 is 2.79 bits per heavy atom. The van der Waals surface area contributed by atoms with E-state index in [1.54, 1.807) is 25.1 Å². The van der Waals surface area contributed by atoms with Gasteiger partial charge < -0.3 is 19.9 Å². The zero-order valence-electron chi connectivity index (χ0n) is 11.0. The number of carbonyl (C=O) groups excluding carboxylic acids is 1. The summed E-state index contributed by atoms with van der Waals surface area (Å²) >= 11 is 5.63. The Balaban J connectivity index is 2.82. The molecule has 19 heavy (non-hydrogen) atoms. The molecule has 2 N–H and O–H groups in total. The van der Waals surface area contributed by atoms with Crippen LogP contribution in [0.15, 0.2) is 18.2 Å². The summed E-state index contributed by atoms with van der Waals surface area (Å²) in [5.41, 5.74) is 0.593. The fraction of sp³-hybridized carbons (Fsp3) is 0.462. The summed E-state index contributed by atoms with van der Waals surface area (Å²) in [5.74, 6) is 0.833. The summed E-state index contributed by atoms with van der Waals surface area (Å²) in [4.78, 5) is 11.7. The standard InChI is InChI=1S/C13H18ClNO4/c1-9(8-14)13(17)15-10-3-4-11(18-2)12(7-10)19-6-5-16/h3-4,7,9,16H,5-6,8H2,1-2H3,(H,15,17). The number of methoxy groups -OCH3 is 1. The van der Waals surface area contributed by atoms with Crippen molar-refractivity contribution in [1.82, 2.24) is 0 Å². The number of alkyl halides is 1. The summed E-state index contributed by atoms with van der Waals surface area (Å²) in [6.45, 7) is 1.81. The Morgan fingerprint density at radius 1 is 1.47 bits per heavy atom. The lowest BCUT2D eigenvalue weighted by molar-refractivity contribution is -0.118. The Labute approximate surface area is 117 Å². The van der Waals surface area contributed by atoms with Crippen molar-refractivity contribution in [3.63, 3.8) is 0 Å². The molecule has 6 heteroatoms. The molecule has 0 bridgehead atoms. The first-order chi connectivity index (χ1) is 9.12. The van der Waals surface area contributed by atoms with Gasteiger partial charge in [0.15, 0.2) is 11.5 Å². The van der Waals surface area contributed by atoms with E-state index < -0.39 is 0 Å². The van der Waals surface area contributed by atoms with Crippen molar-refractivity contribution in [2.24, 2.45) is 5.92 Å². The average Bonchev–Trinajstić information content (AvgIpc) is 2.44. The molecule has 0 heterocycles. The van der Waals surface area contributed by atoms with Crippen LogP contribution in [0.4, 0.5) is 5.69 Å². The number of aliphatic hydroxyl groups is 1. The topological polar surface area (TPSA) is 67.8 Å². The summed E-state index contributed by atoms with van der Waals surface area (Å²) in [6.07, 6.45) is 0. The summed E-state index contributed by atoms with van der Waals surface area (Å²) in [6, 6.07) is 5.05. The van der Waals surface area contributed by atoms with E-state index >= 15 is 0 Å². The maximum Gasteiger partial charge on any atom is 0.228 e. The molecule has 1 atom stereocenters. The molecule has 0 radical (unpaired) electrons. The summed E-state index contributed by atoms with van der Waals surface area (Å²) < 4.78 is 10.5. The van der Waals surface area contributed by atoms with Gasteiger partial charge in [-0.1, -0.05) is 6.92 Å². The Hall–Kier alpha value is -1.46. The number of benzene rings is 1. The van der Waals surface area contributed by atoms with Crippen LogP contribution in [0.25, 0.3) is 0 Å².